The molecule has 0 aliphatic carbocycles. The Hall–Kier alpha value is -2.95. The highest BCUT2D eigenvalue weighted by Crippen LogP contribution is 2.33. The van der Waals surface area contributed by atoms with E-state index in [1.807, 2.05) is 39.0 Å². The van der Waals surface area contributed by atoms with E-state index >= 15 is 0 Å². The van der Waals surface area contributed by atoms with Gasteiger partial charge in [-0.2, -0.15) is 5.10 Å². The van der Waals surface area contributed by atoms with Crippen LogP contribution in [-0.2, 0) is 6.42 Å². The van der Waals surface area contributed by atoms with Crippen LogP contribution in [-0.4, -0.2) is 16.7 Å². The van der Waals surface area contributed by atoms with Crippen LogP contribution in [0.25, 0.3) is 22.5 Å². The summed E-state index contributed by atoms with van der Waals surface area (Å²) >= 11 is 0. The minimum atomic E-state index is -0.255. The second-order valence-corrected chi connectivity index (χ2v) is 6.08. The molecule has 0 saturated heterocycles. The normalized spacial score (nSPS) is 10.7. The predicted octanol–water partition coefficient (Wildman–Crippen LogP) is 5.09. The van der Waals surface area contributed by atoms with Gasteiger partial charge >= 0.3 is 0 Å². The summed E-state index contributed by atoms with van der Waals surface area (Å²) in [5, 5.41) is 3.71. The third-order valence-corrected chi connectivity index (χ3v) is 4.12. The van der Waals surface area contributed by atoms with E-state index in [0.717, 1.165) is 51.6 Å². The molecule has 2 aromatic carbocycles. The number of hydrazone groups is 1. The van der Waals surface area contributed by atoms with E-state index in [2.05, 4.69) is 33.3 Å². The van der Waals surface area contributed by atoms with Crippen LogP contribution in [0.5, 0.6) is 0 Å². The Morgan fingerprint density at radius 3 is 2.60 bits per heavy atom. The van der Waals surface area contributed by atoms with Crippen LogP contribution in [0.4, 0.5) is 10.1 Å². The number of aromatic nitrogens is 2. The van der Waals surface area contributed by atoms with Crippen molar-refractivity contribution in [1.82, 2.24) is 9.97 Å². The van der Waals surface area contributed by atoms with Crippen LogP contribution >= 0.6 is 0 Å². The number of aromatic amines is 1. The standard InChI is InChI=1S/C20H21FN4/c1-5-18-23-19(14-6-7-17(25-22-4)13(3)10-14)20(24-18)15-8-12(2)9-16(21)11-15/h6-11,25H,4-5H2,1-3H3,(H,23,24). The summed E-state index contributed by atoms with van der Waals surface area (Å²) in [5.74, 6) is 0.620. The molecule has 0 bridgehead atoms. The number of imidazole rings is 1. The Morgan fingerprint density at radius 2 is 1.96 bits per heavy atom. The molecule has 5 heteroatoms. The van der Waals surface area contributed by atoms with Gasteiger partial charge in [-0.25, -0.2) is 9.37 Å². The Kier molecular flexibility index (Phi) is 4.65. The Bertz CT molecular complexity index is 907. The number of benzene rings is 2. The zero-order valence-corrected chi connectivity index (χ0v) is 14.7. The SMILES string of the molecule is C=NNc1ccc(-c2[nH]c(CC)nc2-c2cc(C)cc(F)c2)cc1C. The number of nitrogens with one attached hydrogen (secondary N) is 2. The molecule has 1 aromatic heterocycles. The second-order valence-electron chi connectivity index (χ2n) is 6.08. The average Bonchev–Trinajstić information content (AvgIpc) is 3.00. The molecular formula is C20H21FN4. The first-order valence-corrected chi connectivity index (χ1v) is 8.21. The van der Waals surface area contributed by atoms with Gasteiger partial charge in [-0.05, 0) is 55.3 Å². The van der Waals surface area contributed by atoms with Crippen molar-refractivity contribution in [1.29, 1.82) is 0 Å². The molecule has 0 atom stereocenters. The fraction of sp³-hybridized carbons (Fsp3) is 0.200. The molecule has 3 aromatic rings. The van der Waals surface area contributed by atoms with E-state index < -0.39 is 0 Å². The number of hydrogen-bond donors (Lipinski definition) is 2. The minimum absolute atomic E-state index is 0.255. The maximum Gasteiger partial charge on any atom is 0.124 e. The molecule has 0 fully saturated rings. The van der Waals surface area contributed by atoms with Crippen molar-refractivity contribution >= 4 is 12.4 Å². The van der Waals surface area contributed by atoms with Crippen LogP contribution in [0.1, 0.15) is 23.9 Å². The van der Waals surface area contributed by atoms with Gasteiger partial charge in [-0.15, -0.1) is 0 Å². The third kappa shape index (κ3) is 3.45. The van der Waals surface area contributed by atoms with E-state index in [0.29, 0.717) is 0 Å². The summed E-state index contributed by atoms with van der Waals surface area (Å²) in [6, 6.07) is 11.0. The maximum atomic E-state index is 13.9. The zero-order chi connectivity index (χ0) is 18.0. The molecule has 0 radical (unpaired) electrons. The number of hydrogen-bond acceptors (Lipinski definition) is 3. The molecule has 0 spiro atoms. The van der Waals surface area contributed by atoms with Gasteiger partial charge in [0.1, 0.15) is 11.6 Å². The van der Waals surface area contributed by atoms with Crippen molar-refractivity contribution in [2.24, 2.45) is 5.10 Å². The molecule has 25 heavy (non-hydrogen) atoms. The number of nitrogens with zero attached hydrogens (tertiary/aromatic N) is 2. The summed E-state index contributed by atoms with van der Waals surface area (Å²) in [4.78, 5) is 8.05. The van der Waals surface area contributed by atoms with Gasteiger partial charge < -0.3 is 4.98 Å². The Balaban J connectivity index is 2.15. The van der Waals surface area contributed by atoms with E-state index in [9.17, 15) is 4.39 Å². The molecule has 128 valence electrons. The summed E-state index contributed by atoms with van der Waals surface area (Å²) in [6.07, 6.45) is 0.778. The molecule has 0 aliphatic rings. The molecule has 2 N–H and O–H groups in total. The molecule has 4 nitrogen and oxygen atoms in total. The maximum absolute atomic E-state index is 13.9. The lowest BCUT2D eigenvalue weighted by Crippen LogP contribution is -1.92. The lowest BCUT2D eigenvalue weighted by Gasteiger charge is -2.09. The van der Waals surface area contributed by atoms with Gasteiger partial charge in [0.05, 0.1) is 17.1 Å². The molecular weight excluding hydrogens is 315 g/mol. The van der Waals surface area contributed by atoms with Crippen molar-refractivity contribution in [3.8, 4) is 22.5 Å². The quantitative estimate of drug-likeness (QED) is 0.504. The van der Waals surface area contributed by atoms with Gasteiger partial charge in [-0.1, -0.05) is 13.0 Å². The zero-order valence-electron chi connectivity index (χ0n) is 14.7. The van der Waals surface area contributed by atoms with E-state index in [1.54, 1.807) is 0 Å². The summed E-state index contributed by atoms with van der Waals surface area (Å²) in [5.41, 5.74) is 9.11. The molecule has 0 amide bonds. The lowest BCUT2D eigenvalue weighted by atomic mass is 10.0. The highest BCUT2D eigenvalue weighted by Gasteiger charge is 2.15. The van der Waals surface area contributed by atoms with Gasteiger partial charge in [-0.3, -0.25) is 5.43 Å². The average molecular weight is 336 g/mol. The van der Waals surface area contributed by atoms with Crippen LogP contribution < -0.4 is 5.43 Å². The Labute approximate surface area is 146 Å². The minimum Gasteiger partial charge on any atom is -0.341 e. The van der Waals surface area contributed by atoms with Crippen LogP contribution in [0.2, 0.25) is 0 Å². The van der Waals surface area contributed by atoms with E-state index in [-0.39, 0.29) is 5.82 Å². The number of anilines is 1. The van der Waals surface area contributed by atoms with Crippen molar-refractivity contribution in [2.45, 2.75) is 27.2 Å². The first-order valence-electron chi connectivity index (χ1n) is 8.21. The van der Waals surface area contributed by atoms with Gasteiger partial charge in [0, 0.05) is 24.3 Å². The molecule has 3 rings (SSSR count). The van der Waals surface area contributed by atoms with Crippen molar-refractivity contribution in [2.75, 3.05) is 5.43 Å². The monoisotopic (exact) mass is 336 g/mol. The summed E-state index contributed by atoms with van der Waals surface area (Å²) in [6.45, 7) is 9.37. The largest absolute Gasteiger partial charge is 0.341 e. The highest BCUT2D eigenvalue weighted by molar-refractivity contribution is 5.80. The molecule has 0 unspecified atom stereocenters. The van der Waals surface area contributed by atoms with Crippen molar-refractivity contribution < 1.29 is 4.39 Å². The lowest BCUT2D eigenvalue weighted by molar-refractivity contribution is 0.627. The van der Waals surface area contributed by atoms with Gasteiger partial charge in [0.2, 0.25) is 0 Å². The molecule has 0 saturated carbocycles. The number of H-pyrrole nitrogens is 1. The topological polar surface area (TPSA) is 53.1 Å². The first kappa shape index (κ1) is 16.9. The summed E-state index contributed by atoms with van der Waals surface area (Å²) in [7, 11) is 0. The van der Waals surface area contributed by atoms with Crippen LogP contribution in [0.15, 0.2) is 41.5 Å². The molecule has 1 heterocycles. The fourth-order valence-electron chi connectivity index (χ4n) is 2.91. The van der Waals surface area contributed by atoms with Crippen molar-refractivity contribution in [3.05, 3.63) is 59.2 Å². The number of rotatable bonds is 5. The summed E-state index contributed by atoms with van der Waals surface area (Å²) < 4.78 is 13.9. The van der Waals surface area contributed by atoms with E-state index in [1.165, 1.54) is 12.1 Å². The fourth-order valence-corrected chi connectivity index (χ4v) is 2.91. The smallest absolute Gasteiger partial charge is 0.124 e. The Morgan fingerprint density at radius 1 is 1.16 bits per heavy atom. The van der Waals surface area contributed by atoms with Crippen LogP contribution in [0, 0.1) is 19.7 Å². The third-order valence-electron chi connectivity index (χ3n) is 4.12. The highest BCUT2D eigenvalue weighted by atomic mass is 19.1. The van der Waals surface area contributed by atoms with E-state index in [4.69, 9.17) is 0 Å². The first-order chi connectivity index (χ1) is 12.0. The second kappa shape index (κ2) is 6.89. The predicted molar refractivity (Wildman–Crippen MR) is 101 cm³/mol. The van der Waals surface area contributed by atoms with Gasteiger partial charge in [0.15, 0.2) is 0 Å². The number of aryl methyl sites for hydroxylation is 3. The van der Waals surface area contributed by atoms with Crippen molar-refractivity contribution in [3.63, 3.8) is 0 Å². The van der Waals surface area contributed by atoms with Crippen LogP contribution in [0.3, 0.4) is 0 Å². The molecule has 0 aliphatic heterocycles. The van der Waals surface area contributed by atoms with Gasteiger partial charge in [0.25, 0.3) is 0 Å². The number of halogens is 1.